The van der Waals surface area contributed by atoms with Gasteiger partial charge in [0.05, 0.1) is 36.7 Å². The van der Waals surface area contributed by atoms with Gasteiger partial charge in [0.1, 0.15) is 5.60 Å². The van der Waals surface area contributed by atoms with Crippen molar-refractivity contribution in [1.82, 2.24) is 15.0 Å². The number of fused-ring (bicyclic) bond motifs is 1. The molecule has 2 bridgehead atoms. The van der Waals surface area contributed by atoms with Crippen LogP contribution in [-0.2, 0) is 20.9 Å². The zero-order valence-corrected chi connectivity index (χ0v) is 16.3. The summed E-state index contributed by atoms with van der Waals surface area (Å²) >= 11 is 0. The number of carbonyl (C=O) groups is 2. The maximum Gasteiger partial charge on any atom is 0.230 e. The van der Waals surface area contributed by atoms with Crippen LogP contribution in [0.4, 0.5) is 0 Å². The lowest BCUT2D eigenvalue weighted by molar-refractivity contribution is -0.143. The molecule has 2 saturated heterocycles. The Hall–Kier alpha value is -2.15. The van der Waals surface area contributed by atoms with E-state index in [0.29, 0.717) is 18.8 Å². The van der Waals surface area contributed by atoms with Crippen molar-refractivity contribution in [2.45, 2.75) is 57.9 Å². The normalized spacial score (nSPS) is 31.2. The Morgan fingerprint density at radius 1 is 1.44 bits per heavy atom. The van der Waals surface area contributed by atoms with Crippen LogP contribution in [-0.4, -0.2) is 58.1 Å². The van der Waals surface area contributed by atoms with Crippen molar-refractivity contribution in [2.75, 3.05) is 13.6 Å². The van der Waals surface area contributed by atoms with Crippen LogP contribution >= 0.6 is 0 Å². The molecule has 2 unspecified atom stereocenters. The summed E-state index contributed by atoms with van der Waals surface area (Å²) in [4.78, 5) is 30.0. The van der Waals surface area contributed by atoms with Crippen molar-refractivity contribution in [3.05, 3.63) is 29.7 Å². The third-order valence-electron chi connectivity index (χ3n) is 6.24. The molecule has 0 aromatic carbocycles. The first kappa shape index (κ1) is 18.2. The zero-order valence-electron chi connectivity index (χ0n) is 16.3. The first-order valence-corrected chi connectivity index (χ1v) is 9.75. The monoisotopic (exact) mass is 373 g/mol. The fourth-order valence-corrected chi connectivity index (χ4v) is 4.91. The van der Waals surface area contributed by atoms with Gasteiger partial charge >= 0.3 is 0 Å². The van der Waals surface area contributed by atoms with E-state index in [1.165, 1.54) is 0 Å². The summed E-state index contributed by atoms with van der Waals surface area (Å²) in [6, 6.07) is 2.01. The number of ether oxygens (including phenoxy) is 1. The molecule has 7 heteroatoms. The third kappa shape index (κ3) is 2.71. The Bertz CT molecular complexity index is 784. The number of rotatable bonds is 6. The third-order valence-corrected chi connectivity index (χ3v) is 6.24. The molecule has 4 rings (SSSR count). The van der Waals surface area contributed by atoms with Gasteiger partial charge in [0.15, 0.2) is 5.76 Å². The minimum absolute atomic E-state index is 0.0535. The molecule has 1 spiro atoms. The highest BCUT2D eigenvalue weighted by Gasteiger charge is 2.67. The smallest absolute Gasteiger partial charge is 0.230 e. The molecule has 2 amide bonds. The number of amides is 2. The Morgan fingerprint density at radius 3 is 2.81 bits per heavy atom. The first-order chi connectivity index (χ1) is 12.9. The number of hydrogen-bond acceptors (Lipinski definition) is 5. The number of carbonyl (C=O) groups excluding carboxylic acids is 2. The lowest BCUT2D eigenvalue weighted by Gasteiger charge is -2.29. The van der Waals surface area contributed by atoms with Gasteiger partial charge in [-0.25, -0.2) is 0 Å². The second kappa shape index (κ2) is 6.48. The Morgan fingerprint density at radius 2 is 2.19 bits per heavy atom. The molecule has 7 nitrogen and oxygen atoms in total. The summed E-state index contributed by atoms with van der Waals surface area (Å²) in [5.74, 6) is -0.299. The molecule has 1 aromatic rings. The predicted octanol–water partition coefficient (Wildman–Crippen LogP) is 1.91. The minimum Gasteiger partial charge on any atom is -0.360 e. The molecule has 27 heavy (non-hydrogen) atoms. The van der Waals surface area contributed by atoms with Gasteiger partial charge in [-0.05, 0) is 19.8 Å². The van der Waals surface area contributed by atoms with E-state index < -0.39 is 17.4 Å². The topological polar surface area (TPSA) is 75.9 Å². The van der Waals surface area contributed by atoms with Crippen molar-refractivity contribution in [2.24, 2.45) is 11.8 Å². The predicted molar refractivity (Wildman–Crippen MR) is 97.5 cm³/mol. The van der Waals surface area contributed by atoms with Crippen LogP contribution in [0.2, 0.25) is 0 Å². The van der Waals surface area contributed by atoms with Crippen molar-refractivity contribution in [1.29, 1.82) is 0 Å². The number of nitrogens with zero attached hydrogens (tertiary/aromatic N) is 3. The molecule has 0 radical (unpaired) electrons. The number of aryl methyl sites for hydroxylation is 1. The summed E-state index contributed by atoms with van der Waals surface area (Å²) in [6.45, 7) is 6.91. The minimum atomic E-state index is -0.645. The second-order valence-corrected chi connectivity index (χ2v) is 7.97. The van der Waals surface area contributed by atoms with Crippen LogP contribution in [0.5, 0.6) is 0 Å². The van der Waals surface area contributed by atoms with E-state index in [2.05, 4.69) is 19.0 Å². The van der Waals surface area contributed by atoms with Gasteiger partial charge in [-0.15, -0.1) is 0 Å². The summed E-state index contributed by atoms with van der Waals surface area (Å²) in [5, 5.41) is 3.87. The maximum absolute atomic E-state index is 13.2. The summed E-state index contributed by atoms with van der Waals surface area (Å²) < 4.78 is 11.4. The van der Waals surface area contributed by atoms with Crippen LogP contribution in [0.15, 0.2) is 22.7 Å². The molecule has 3 aliphatic rings. The molecule has 146 valence electrons. The molecule has 0 aliphatic carbocycles. The van der Waals surface area contributed by atoms with Gasteiger partial charge in [0, 0.05) is 19.2 Å². The summed E-state index contributed by atoms with van der Waals surface area (Å²) in [6.07, 6.45) is 5.44. The highest BCUT2D eigenvalue weighted by molar-refractivity contribution is 5.93. The number of aromatic nitrogens is 1. The molecule has 4 atom stereocenters. The largest absolute Gasteiger partial charge is 0.360 e. The summed E-state index contributed by atoms with van der Waals surface area (Å²) in [5.41, 5.74) is 0.136. The van der Waals surface area contributed by atoms with Gasteiger partial charge in [-0.3, -0.25) is 9.59 Å². The molecule has 0 saturated carbocycles. The second-order valence-electron chi connectivity index (χ2n) is 7.97. The molecule has 0 N–H and O–H groups in total. The van der Waals surface area contributed by atoms with Crippen molar-refractivity contribution in [3.63, 3.8) is 0 Å². The molecule has 4 heterocycles. The van der Waals surface area contributed by atoms with Crippen LogP contribution < -0.4 is 0 Å². The van der Waals surface area contributed by atoms with Crippen molar-refractivity contribution in [3.8, 4) is 0 Å². The Labute approximate surface area is 159 Å². The lowest BCUT2D eigenvalue weighted by atomic mass is 9.76. The Balaban J connectivity index is 1.56. The van der Waals surface area contributed by atoms with Gasteiger partial charge in [-0.1, -0.05) is 31.2 Å². The SMILES string of the molecule is CCC(CC)N1C[C@]23C=C[C@H](O2)C(C(=O)N(C)Cc2cc(C)no2)C3C1=O. The molecule has 1 aromatic heterocycles. The quantitative estimate of drug-likeness (QED) is 0.712. The molecular weight excluding hydrogens is 346 g/mol. The van der Waals surface area contributed by atoms with E-state index in [-0.39, 0.29) is 24.0 Å². The van der Waals surface area contributed by atoms with Gasteiger partial charge in [0.2, 0.25) is 11.8 Å². The van der Waals surface area contributed by atoms with E-state index >= 15 is 0 Å². The fraction of sp³-hybridized carbons (Fsp3) is 0.650. The molecule has 2 fully saturated rings. The Kier molecular flexibility index (Phi) is 4.37. The van der Waals surface area contributed by atoms with E-state index in [9.17, 15) is 9.59 Å². The average molecular weight is 373 g/mol. The highest BCUT2D eigenvalue weighted by atomic mass is 16.5. The number of hydrogen-bond donors (Lipinski definition) is 0. The van der Waals surface area contributed by atoms with Gasteiger partial charge in [0.25, 0.3) is 0 Å². The maximum atomic E-state index is 13.2. The van der Waals surface area contributed by atoms with Crippen molar-refractivity contribution < 1.29 is 18.8 Å². The average Bonchev–Trinajstić information content (AvgIpc) is 3.38. The standard InChI is InChI=1S/C20H27N3O4/c1-5-13(6-2)23-11-20-8-7-15(26-20)16(17(20)19(23)25)18(24)22(4)10-14-9-12(3)21-27-14/h7-9,13,15-17H,5-6,10-11H2,1-4H3/t15-,16?,17?,20-/m0/s1. The van der Waals surface area contributed by atoms with Gasteiger partial charge < -0.3 is 19.1 Å². The van der Waals surface area contributed by atoms with Crippen LogP contribution in [0, 0.1) is 18.8 Å². The van der Waals surface area contributed by atoms with E-state index in [1.807, 2.05) is 30.0 Å². The van der Waals surface area contributed by atoms with E-state index in [1.54, 1.807) is 11.9 Å². The van der Waals surface area contributed by atoms with Crippen molar-refractivity contribution >= 4 is 11.8 Å². The van der Waals surface area contributed by atoms with Gasteiger partial charge in [-0.2, -0.15) is 0 Å². The van der Waals surface area contributed by atoms with E-state index in [0.717, 1.165) is 18.5 Å². The van der Waals surface area contributed by atoms with Crippen LogP contribution in [0.3, 0.4) is 0 Å². The molecule has 3 aliphatic heterocycles. The first-order valence-electron chi connectivity index (χ1n) is 9.75. The fourth-order valence-electron chi connectivity index (χ4n) is 4.91. The molecular formula is C20H27N3O4. The number of likely N-dealkylation sites (tertiary alicyclic amines) is 1. The van der Waals surface area contributed by atoms with E-state index in [4.69, 9.17) is 9.26 Å². The summed E-state index contributed by atoms with van der Waals surface area (Å²) in [7, 11) is 1.74. The van der Waals surface area contributed by atoms with Crippen LogP contribution in [0.1, 0.15) is 38.1 Å². The van der Waals surface area contributed by atoms with Crippen LogP contribution in [0.25, 0.3) is 0 Å². The highest BCUT2D eigenvalue weighted by Crippen LogP contribution is 2.52. The zero-order chi connectivity index (χ0) is 19.3. The lowest BCUT2D eigenvalue weighted by Crippen LogP contribution is -2.45.